The topological polar surface area (TPSA) is 64.6 Å². The monoisotopic (exact) mass is 361 g/mol. The standard InChI is InChI=1S/C19H23NO4S/c1-13(2)19(15-6-9-17-18(12-15)24-11-10-23-17)20-25(21,22)16-7-4-14(3)5-8-16/h4-9,12-13,19-20H,10-11H2,1-3H3/t19-/m1/s1. The number of fused-ring (bicyclic) bond motifs is 1. The Morgan fingerprint density at radius 2 is 1.60 bits per heavy atom. The van der Waals surface area contributed by atoms with Gasteiger partial charge in [0, 0.05) is 6.04 Å². The van der Waals surface area contributed by atoms with Crippen LogP contribution in [-0.2, 0) is 10.0 Å². The third-order valence-corrected chi connectivity index (χ3v) is 5.66. The van der Waals surface area contributed by atoms with Crippen molar-refractivity contribution in [2.45, 2.75) is 31.7 Å². The Morgan fingerprint density at radius 3 is 2.24 bits per heavy atom. The summed E-state index contributed by atoms with van der Waals surface area (Å²) in [6.07, 6.45) is 0. The van der Waals surface area contributed by atoms with Gasteiger partial charge in [-0.1, -0.05) is 37.6 Å². The van der Waals surface area contributed by atoms with Gasteiger partial charge in [0.05, 0.1) is 4.90 Å². The van der Waals surface area contributed by atoms with Gasteiger partial charge in [0.1, 0.15) is 13.2 Å². The molecule has 6 heteroatoms. The van der Waals surface area contributed by atoms with Gasteiger partial charge in [0.2, 0.25) is 10.0 Å². The van der Waals surface area contributed by atoms with Gasteiger partial charge in [0.25, 0.3) is 0 Å². The van der Waals surface area contributed by atoms with E-state index in [4.69, 9.17) is 9.47 Å². The van der Waals surface area contributed by atoms with Gasteiger partial charge in [-0.25, -0.2) is 13.1 Å². The van der Waals surface area contributed by atoms with Crippen molar-refractivity contribution >= 4 is 10.0 Å². The summed E-state index contributed by atoms with van der Waals surface area (Å²) in [5, 5.41) is 0. The molecule has 3 rings (SSSR count). The first-order valence-corrected chi connectivity index (χ1v) is 9.84. The van der Waals surface area contributed by atoms with Crippen LogP contribution in [0.2, 0.25) is 0 Å². The molecule has 0 saturated carbocycles. The van der Waals surface area contributed by atoms with Gasteiger partial charge in [-0.3, -0.25) is 0 Å². The van der Waals surface area contributed by atoms with E-state index in [9.17, 15) is 8.42 Å². The molecule has 25 heavy (non-hydrogen) atoms. The molecule has 0 aromatic heterocycles. The fourth-order valence-electron chi connectivity index (χ4n) is 2.80. The number of aryl methyl sites for hydroxylation is 1. The van der Waals surface area contributed by atoms with Gasteiger partial charge < -0.3 is 9.47 Å². The van der Waals surface area contributed by atoms with Crippen molar-refractivity contribution in [3.05, 3.63) is 53.6 Å². The summed E-state index contributed by atoms with van der Waals surface area (Å²) >= 11 is 0. The smallest absolute Gasteiger partial charge is 0.241 e. The summed E-state index contributed by atoms with van der Waals surface area (Å²) < 4.78 is 39.5. The highest BCUT2D eigenvalue weighted by molar-refractivity contribution is 7.89. The van der Waals surface area contributed by atoms with Crippen LogP contribution in [-0.4, -0.2) is 21.6 Å². The second kappa shape index (κ2) is 7.06. The normalized spacial score (nSPS) is 15.2. The number of hydrogen-bond acceptors (Lipinski definition) is 4. The van der Waals surface area contributed by atoms with E-state index in [0.29, 0.717) is 24.7 Å². The van der Waals surface area contributed by atoms with Crippen molar-refractivity contribution < 1.29 is 17.9 Å². The minimum Gasteiger partial charge on any atom is -0.486 e. The first-order valence-electron chi connectivity index (χ1n) is 8.35. The molecule has 1 atom stereocenters. The van der Waals surface area contributed by atoms with Gasteiger partial charge in [-0.15, -0.1) is 0 Å². The predicted octanol–water partition coefficient (Wildman–Crippen LogP) is 3.44. The lowest BCUT2D eigenvalue weighted by molar-refractivity contribution is 0.171. The number of benzene rings is 2. The largest absolute Gasteiger partial charge is 0.486 e. The summed E-state index contributed by atoms with van der Waals surface area (Å²) in [6.45, 7) is 6.92. The number of rotatable bonds is 5. The fraction of sp³-hybridized carbons (Fsp3) is 0.368. The first kappa shape index (κ1) is 17.8. The Balaban J connectivity index is 1.90. The molecule has 0 unspecified atom stereocenters. The predicted molar refractivity (Wildman–Crippen MR) is 96.5 cm³/mol. The lowest BCUT2D eigenvalue weighted by Crippen LogP contribution is -2.32. The zero-order chi connectivity index (χ0) is 18.0. The second-order valence-corrected chi connectivity index (χ2v) is 8.27. The minimum absolute atomic E-state index is 0.0720. The maximum Gasteiger partial charge on any atom is 0.241 e. The van der Waals surface area contributed by atoms with Crippen LogP contribution in [0, 0.1) is 12.8 Å². The molecule has 0 spiro atoms. The van der Waals surface area contributed by atoms with Crippen LogP contribution >= 0.6 is 0 Å². The zero-order valence-corrected chi connectivity index (χ0v) is 15.5. The number of hydrogen-bond donors (Lipinski definition) is 1. The Hall–Kier alpha value is -2.05. The Bertz CT molecular complexity index is 844. The van der Waals surface area contributed by atoms with E-state index in [2.05, 4.69) is 4.72 Å². The molecule has 0 aliphatic carbocycles. The molecule has 1 aliphatic heterocycles. The van der Waals surface area contributed by atoms with Gasteiger partial charge >= 0.3 is 0 Å². The molecule has 1 aliphatic rings. The van der Waals surface area contributed by atoms with Gasteiger partial charge in [-0.2, -0.15) is 0 Å². The summed E-state index contributed by atoms with van der Waals surface area (Å²) in [4.78, 5) is 0.265. The second-order valence-electron chi connectivity index (χ2n) is 6.56. The molecule has 0 bridgehead atoms. The summed E-state index contributed by atoms with van der Waals surface area (Å²) in [5.41, 5.74) is 1.88. The van der Waals surface area contributed by atoms with Crippen LogP contribution in [0.3, 0.4) is 0 Å². The third kappa shape index (κ3) is 3.96. The number of sulfonamides is 1. The van der Waals surface area contributed by atoms with E-state index in [1.807, 2.05) is 39.0 Å². The Kier molecular flexibility index (Phi) is 5.01. The number of nitrogens with one attached hydrogen (secondary N) is 1. The van der Waals surface area contributed by atoms with E-state index in [1.54, 1.807) is 24.3 Å². The summed E-state index contributed by atoms with van der Waals surface area (Å²) in [7, 11) is -3.61. The van der Waals surface area contributed by atoms with Crippen molar-refractivity contribution in [2.75, 3.05) is 13.2 Å². The Labute approximate surface area is 149 Å². The van der Waals surface area contributed by atoms with Crippen molar-refractivity contribution in [1.29, 1.82) is 0 Å². The van der Waals surface area contributed by atoms with E-state index in [0.717, 1.165) is 11.1 Å². The maximum atomic E-state index is 12.8. The lowest BCUT2D eigenvalue weighted by Gasteiger charge is -2.25. The summed E-state index contributed by atoms with van der Waals surface area (Å²) in [6, 6.07) is 12.1. The molecule has 0 amide bonds. The SMILES string of the molecule is Cc1ccc(S(=O)(=O)N[C@@H](c2ccc3c(c2)OCCO3)C(C)C)cc1. The molecule has 2 aromatic carbocycles. The average Bonchev–Trinajstić information content (AvgIpc) is 2.59. The molecule has 1 heterocycles. The van der Waals surface area contributed by atoms with E-state index in [1.165, 1.54) is 0 Å². The molecule has 0 radical (unpaired) electrons. The third-order valence-electron chi connectivity index (χ3n) is 4.21. The molecule has 0 fully saturated rings. The van der Waals surface area contributed by atoms with E-state index >= 15 is 0 Å². The van der Waals surface area contributed by atoms with E-state index < -0.39 is 10.0 Å². The van der Waals surface area contributed by atoms with Crippen LogP contribution in [0.1, 0.15) is 31.0 Å². The van der Waals surface area contributed by atoms with Crippen LogP contribution in [0.4, 0.5) is 0 Å². The maximum absolute atomic E-state index is 12.8. The first-order chi connectivity index (χ1) is 11.9. The highest BCUT2D eigenvalue weighted by Crippen LogP contribution is 2.35. The number of ether oxygens (including phenoxy) is 2. The molecule has 134 valence electrons. The lowest BCUT2D eigenvalue weighted by atomic mass is 9.97. The summed E-state index contributed by atoms with van der Waals surface area (Å²) in [5.74, 6) is 1.42. The average molecular weight is 361 g/mol. The molecule has 0 saturated heterocycles. The molecular formula is C19H23NO4S. The Morgan fingerprint density at radius 1 is 0.960 bits per heavy atom. The van der Waals surface area contributed by atoms with Crippen molar-refractivity contribution in [2.24, 2.45) is 5.92 Å². The van der Waals surface area contributed by atoms with Crippen molar-refractivity contribution in [3.8, 4) is 11.5 Å². The van der Waals surface area contributed by atoms with Crippen molar-refractivity contribution in [3.63, 3.8) is 0 Å². The quantitative estimate of drug-likeness (QED) is 0.886. The fourth-order valence-corrected chi connectivity index (χ4v) is 4.17. The highest BCUT2D eigenvalue weighted by atomic mass is 32.2. The van der Waals surface area contributed by atoms with Crippen LogP contribution in [0.25, 0.3) is 0 Å². The van der Waals surface area contributed by atoms with E-state index in [-0.39, 0.29) is 16.9 Å². The van der Waals surface area contributed by atoms with Crippen LogP contribution < -0.4 is 14.2 Å². The van der Waals surface area contributed by atoms with Gasteiger partial charge in [-0.05, 0) is 42.7 Å². The van der Waals surface area contributed by atoms with Crippen molar-refractivity contribution in [1.82, 2.24) is 4.72 Å². The zero-order valence-electron chi connectivity index (χ0n) is 14.7. The highest BCUT2D eigenvalue weighted by Gasteiger charge is 2.25. The van der Waals surface area contributed by atoms with Gasteiger partial charge in [0.15, 0.2) is 11.5 Å². The molecule has 1 N–H and O–H groups in total. The molecule has 2 aromatic rings. The van der Waals surface area contributed by atoms with Crippen LogP contribution in [0.15, 0.2) is 47.4 Å². The minimum atomic E-state index is -3.61. The molecular weight excluding hydrogens is 338 g/mol. The molecule has 5 nitrogen and oxygen atoms in total. The van der Waals surface area contributed by atoms with Crippen LogP contribution in [0.5, 0.6) is 11.5 Å².